The summed E-state index contributed by atoms with van der Waals surface area (Å²) in [6.45, 7) is 0. The quantitative estimate of drug-likeness (QED) is 0.873. The number of aryl methyl sites for hydroxylation is 1. The smallest absolute Gasteiger partial charge is 0.326 e. The Bertz CT molecular complexity index is 449. The molecule has 1 aliphatic carbocycles. The van der Waals surface area contributed by atoms with Crippen molar-refractivity contribution in [3.05, 3.63) is 11.6 Å². The molecule has 1 saturated carbocycles. The van der Waals surface area contributed by atoms with Gasteiger partial charge in [-0.05, 0) is 25.7 Å². The average Bonchev–Trinajstić information content (AvgIpc) is 2.83. The fourth-order valence-electron chi connectivity index (χ4n) is 3.30. The average molecular weight is 249 g/mol. The molecule has 1 aromatic heterocycles. The van der Waals surface area contributed by atoms with Crippen LogP contribution in [0, 0.1) is 0 Å². The van der Waals surface area contributed by atoms with Crippen LogP contribution in [0.3, 0.4) is 0 Å². The van der Waals surface area contributed by atoms with Crippen molar-refractivity contribution < 1.29 is 9.90 Å². The van der Waals surface area contributed by atoms with Gasteiger partial charge in [0.05, 0.1) is 0 Å². The SMILES string of the molecule is O=C(O)C1CCCc2nnc(C3CCCCC3)n21. The van der Waals surface area contributed by atoms with Crippen LogP contribution >= 0.6 is 0 Å². The van der Waals surface area contributed by atoms with Crippen LogP contribution in [0.4, 0.5) is 0 Å². The number of carboxylic acid groups (broad SMARTS) is 1. The number of carboxylic acids is 1. The summed E-state index contributed by atoms with van der Waals surface area (Å²) in [6, 6.07) is -0.444. The van der Waals surface area contributed by atoms with E-state index in [0.717, 1.165) is 37.3 Å². The van der Waals surface area contributed by atoms with Crippen LogP contribution in [0.2, 0.25) is 0 Å². The zero-order chi connectivity index (χ0) is 12.5. The number of aliphatic carboxylic acids is 1. The largest absolute Gasteiger partial charge is 0.480 e. The lowest BCUT2D eigenvalue weighted by molar-refractivity contribution is -0.141. The van der Waals surface area contributed by atoms with Crippen molar-refractivity contribution in [1.29, 1.82) is 0 Å². The summed E-state index contributed by atoms with van der Waals surface area (Å²) in [5, 5.41) is 17.9. The summed E-state index contributed by atoms with van der Waals surface area (Å²) < 4.78 is 1.92. The van der Waals surface area contributed by atoms with Gasteiger partial charge in [0.2, 0.25) is 0 Å². The van der Waals surface area contributed by atoms with E-state index in [4.69, 9.17) is 0 Å². The highest BCUT2D eigenvalue weighted by Gasteiger charge is 2.32. The van der Waals surface area contributed by atoms with E-state index in [9.17, 15) is 9.90 Å². The standard InChI is InChI=1S/C13H19N3O2/c17-13(18)10-7-4-8-11-14-15-12(16(10)11)9-5-2-1-3-6-9/h9-10H,1-8H2,(H,17,18). The third-order valence-corrected chi connectivity index (χ3v) is 4.24. The normalized spacial score (nSPS) is 24.8. The van der Waals surface area contributed by atoms with Crippen molar-refractivity contribution in [2.45, 2.75) is 63.3 Å². The molecule has 0 bridgehead atoms. The molecule has 5 nitrogen and oxygen atoms in total. The third-order valence-electron chi connectivity index (χ3n) is 4.24. The Morgan fingerprint density at radius 3 is 2.61 bits per heavy atom. The zero-order valence-corrected chi connectivity index (χ0v) is 10.5. The Morgan fingerprint density at radius 1 is 1.11 bits per heavy atom. The van der Waals surface area contributed by atoms with Gasteiger partial charge in [-0.1, -0.05) is 19.3 Å². The molecule has 2 aliphatic rings. The molecule has 1 unspecified atom stereocenters. The maximum Gasteiger partial charge on any atom is 0.326 e. The molecule has 2 heterocycles. The van der Waals surface area contributed by atoms with E-state index in [0.29, 0.717) is 12.3 Å². The number of carbonyl (C=O) groups is 1. The minimum Gasteiger partial charge on any atom is -0.480 e. The molecular formula is C13H19N3O2. The second kappa shape index (κ2) is 4.71. The lowest BCUT2D eigenvalue weighted by atomic mass is 9.88. The summed E-state index contributed by atoms with van der Waals surface area (Å²) in [5.74, 6) is 1.47. The molecule has 1 aliphatic heterocycles. The van der Waals surface area contributed by atoms with Crippen LogP contribution in [-0.2, 0) is 11.2 Å². The fourth-order valence-corrected chi connectivity index (χ4v) is 3.30. The Hall–Kier alpha value is -1.39. The second-order valence-corrected chi connectivity index (χ2v) is 5.43. The van der Waals surface area contributed by atoms with Crippen LogP contribution in [0.25, 0.3) is 0 Å². The number of nitrogens with zero attached hydrogens (tertiary/aromatic N) is 3. The molecule has 0 spiro atoms. The minimum absolute atomic E-state index is 0.417. The minimum atomic E-state index is -0.743. The van der Waals surface area contributed by atoms with Gasteiger partial charge in [0, 0.05) is 12.3 Å². The van der Waals surface area contributed by atoms with E-state index in [2.05, 4.69) is 10.2 Å². The summed E-state index contributed by atoms with van der Waals surface area (Å²) in [6.07, 6.45) is 8.48. The van der Waals surface area contributed by atoms with Crippen molar-refractivity contribution in [1.82, 2.24) is 14.8 Å². The first-order valence-corrected chi connectivity index (χ1v) is 6.94. The number of rotatable bonds is 2. The lowest BCUT2D eigenvalue weighted by Gasteiger charge is -2.27. The zero-order valence-electron chi connectivity index (χ0n) is 10.5. The van der Waals surface area contributed by atoms with E-state index in [1.54, 1.807) is 0 Å². The molecule has 0 radical (unpaired) electrons. The van der Waals surface area contributed by atoms with Gasteiger partial charge in [-0.3, -0.25) is 0 Å². The van der Waals surface area contributed by atoms with Crippen LogP contribution in [-0.4, -0.2) is 25.8 Å². The van der Waals surface area contributed by atoms with E-state index in [1.807, 2.05) is 4.57 Å². The summed E-state index contributed by atoms with van der Waals surface area (Å²) in [4.78, 5) is 11.4. The number of aromatic nitrogens is 3. The van der Waals surface area contributed by atoms with Crippen LogP contribution in [0.15, 0.2) is 0 Å². The molecule has 0 saturated heterocycles. The topological polar surface area (TPSA) is 68.0 Å². The number of hydrogen-bond acceptors (Lipinski definition) is 3. The monoisotopic (exact) mass is 249 g/mol. The maximum absolute atomic E-state index is 11.4. The highest BCUT2D eigenvalue weighted by molar-refractivity contribution is 5.72. The van der Waals surface area contributed by atoms with Crippen molar-refractivity contribution in [3.8, 4) is 0 Å². The van der Waals surface area contributed by atoms with E-state index in [1.165, 1.54) is 19.3 Å². The molecule has 0 amide bonds. The first-order valence-electron chi connectivity index (χ1n) is 6.94. The van der Waals surface area contributed by atoms with Gasteiger partial charge in [0.25, 0.3) is 0 Å². The molecule has 1 aromatic rings. The molecular weight excluding hydrogens is 230 g/mol. The van der Waals surface area contributed by atoms with Gasteiger partial charge < -0.3 is 9.67 Å². The molecule has 5 heteroatoms. The fraction of sp³-hybridized carbons (Fsp3) is 0.769. The summed E-state index contributed by atoms with van der Waals surface area (Å²) >= 11 is 0. The van der Waals surface area contributed by atoms with Crippen LogP contribution in [0.5, 0.6) is 0 Å². The summed E-state index contributed by atoms with van der Waals surface area (Å²) in [7, 11) is 0. The van der Waals surface area contributed by atoms with Crippen molar-refractivity contribution in [2.75, 3.05) is 0 Å². The molecule has 98 valence electrons. The number of hydrogen-bond donors (Lipinski definition) is 1. The third kappa shape index (κ3) is 1.91. The first-order chi connectivity index (χ1) is 8.77. The second-order valence-electron chi connectivity index (χ2n) is 5.43. The van der Waals surface area contributed by atoms with Gasteiger partial charge >= 0.3 is 5.97 Å². The van der Waals surface area contributed by atoms with E-state index < -0.39 is 12.0 Å². The van der Waals surface area contributed by atoms with Gasteiger partial charge in [-0.25, -0.2) is 4.79 Å². The summed E-state index contributed by atoms with van der Waals surface area (Å²) in [5.41, 5.74) is 0. The predicted molar refractivity (Wildman–Crippen MR) is 65.5 cm³/mol. The molecule has 3 rings (SSSR count). The van der Waals surface area contributed by atoms with Crippen LogP contribution < -0.4 is 0 Å². The van der Waals surface area contributed by atoms with Crippen molar-refractivity contribution in [2.24, 2.45) is 0 Å². The van der Waals surface area contributed by atoms with Gasteiger partial charge in [-0.15, -0.1) is 10.2 Å². The Kier molecular flexibility index (Phi) is 3.06. The molecule has 1 atom stereocenters. The lowest BCUT2D eigenvalue weighted by Crippen LogP contribution is -2.27. The number of fused-ring (bicyclic) bond motifs is 1. The predicted octanol–water partition coefficient (Wildman–Crippen LogP) is 2.29. The molecule has 1 fully saturated rings. The van der Waals surface area contributed by atoms with Gasteiger partial charge in [0.15, 0.2) is 0 Å². The van der Waals surface area contributed by atoms with Crippen molar-refractivity contribution >= 4 is 5.97 Å². The Balaban J connectivity index is 1.96. The first kappa shape index (κ1) is 11.7. The Labute approximate surface area is 106 Å². The van der Waals surface area contributed by atoms with Gasteiger partial charge in [-0.2, -0.15) is 0 Å². The Morgan fingerprint density at radius 2 is 1.89 bits per heavy atom. The highest BCUT2D eigenvalue weighted by atomic mass is 16.4. The van der Waals surface area contributed by atoms with Crippen LogP contribution in [0.1, 0.15) is 68.6 Å². The van der Waals surface area contributed by atoms with E-state index >= 15 is 0 Å². The van der Waals surface area contributed by atoms with E-state index in [-0.39, 0.29) is 0 Å². The maximum atomic E-state index is 11.4. The molecule has 1 N–H and O–H groups in total. The highest BCUT2D eigenvalue weighted by Crippen LogP contribution is 2.35. The molecule has 0 aromatic carbocycles. The van der Waals surface area contributed by atoms with Gasteiger partial charge in [0.1, 0.15) is 17.7 Å². The van der Waals surface area contributed by atoms with Crippen molar-refractivity contribution in [3.63, 3.8) is 0 Å². The molecule has 18 heavy (non-hydrogen) atoms.